The van der Waals surface area contributed by atoms with Crippen molar-refractivity contribution in [1.82, 2.24) is 5.32 Å². The van der Waals surface area contributed by atoms with Crippen LogP contribution in [0.25, 0.3) is 0 Å². The first kappa shape index (κ1) is 11.9. The second kappa shape index (κ2) is 5.03. The number of rotatable bonds is 3. The van der Waals surface area contributed by atoms with Crippen molar-refractivity contribution < 1.29 is 9.53 Å². The number of carbonyl (C=O) groups is 1. The molecule has 0 bridgehead atoms. The number of carbonyl (C=O) groups excluding carboxylic acids is 1. The van der Waals surface area contributed by atoms with Crippen molar-refractivity contribution in [2.75, 3.05) is 7.05 Å². The summed E-state index contributed by atoms with van der Waals surface area (Å²) < 4.78 is 5.43. The number of hydrogen-bond acceptors (Lipinski definition) is 2. The van der Waals surface area contributed by atoms with Gasteiger partial charge in [-0.15, -0.1) is 0 Å². The molecule has 1 N–H and O–H groups in total. The van der Waals surface area contributed by atoms with E-state index in [0.29, 0.717) is 10.8 Å². The summed E-state index contributed by atoms with van der Waals surface area (Å²) in [5, 5.41) is 3.02. The molecule has 0 aliphatic heterocycles. The average molecular weight is 228 g/mol. The Labute approximate surface area is 94.4 Å². The minimum Gasteiger partial charge on any atom is -0.479 e. The molecule has 82 valence electrons. The largest absolute Gasteiger partial charge is 0.479 e. The fourth-order valence-electron chi connectivity index (χ4n) is 1.15. The van der Waals surface area contributed by atoms with Crippen LogP contribution in [0.3, 0.4) is 0 Å². The van der Waals surface area contributed by atoms with E-state index in [9.17, 15) is 4.79 Å². The molecule has 0 saturated heterocycles. The molecule has 1 amide bonds. The lowest BCUT2D eigenvalue weighted by atomic mass is 10.2. The number of halogens is 1. The third-order valence-corrected chi connectivity index (χ3v) is 2.32. The lowest BCUT2D eigenvalue weighted by Crippen LogP contribution is -2.33. The van der Waals surface area contributed by atoms with Gasteiger partial charge >= 0.3 is 0 Å². The van der Waals surface area contributed by atoms with E-state index in [0.717, 1.165) is 5.56 Å². The fourth-order valence-corrected chi connectivity index (χ4v) is 1.31. The topological polar surface area (TPSA) is 38.3 Å². The van der Waals surface area contributed by atoms with Crippen molar-refractivity contribution in [2.24, 2.45) is 0 Å². The number of likely N-dealkylation sites (N-methyl/N-ethyl adjacent to an activating group) is 1. The molecule has 3 nitrogen and oxygen atoms in total. The highest BCUT2D eigenvalue weighted by Gasteiger charge is 2.14. The molecule has 1 unspecified atom stereocenters. The first-order chi connectivity index (χ1) is 7.04. The first-order valence-electron chi connectivity index (χ1n) is 4.69. The summed E-state index contributed by atoms with van der Waals surface area (Å²) in [4.78, 5) is 11.2. The Morgan fingerprint density at radius 2 is 2.20 bits per heavy atom. The minimum atomic E-state index is -0.547. The molecule has 0 heterocycles. The van der Waals surface area contributed by atoms with E-state index in [1.165, 1.54) is 0 Å². The Hall–Kier alpha value is -1.22. The second-order valence-corrected chi connectivity index (χ2v) is 3.72. The molecule has 1 rings (SSSR count). The molecule has 0 fully saturated rings. The summed E-state index contributed by atoms with van der Waals surface area (Å²) in [7, 11) is 1.57. The van der Waals surface area contributed by atoms with E-state index in [2.05, 4.69) is 5.32 Å². The molecule has 0 spiro atoms. The Kier molecular flexibility index (Phi) is 3.97. The molecular weight excluding hydrogens is 214 g/mol. The zero-order chi connectivity index (χ0) is 11.4. The number of amides is 1. The van der Waals surface area contributed by atoms with E-state index in [1.807, 2.05) is 19.1 Å². The van der Waals surface area contributed by atoms with E-state index < -0.39 is 6.10 Å². The zero-order valence-corrected chi connectivity index (χ0v) is 9.76. The lowest BCUT2D eigenvalue weighted by Gasteiger charge is -2.14. The maximum atomic E-state index is 11.2. The molecule has 15 heavy (non-hydrogen) atoms. The molecule has 0 radical (unpaired) electrons. The van der Waals surface area contributed by atoms with Gasteiger partial charge in [0.1, 0.15) is 5.75 Å². The molecule has 1 aromatic rings. The van der Waals surface area contributed by atoms with E-state index in [1.54, 1.807) is 20.0 Å². The van der Waals surface area contributed by atoms with Crippen LogP contribution < -0.4 is 10.1 Å². The zero-order valence-electron chi connectivity index (χ0n) is 9.00. The van der Waals surface area contributed by atoms with Gasteiger partial charge in [0, 0.05) is 7.05 Å². The van der Waals surface area contributed by atoms with Gasteiger partial charge in [-0.2, -0.15) is 0 Å². The molecule has 0 aliphatic carbocycles. The third-order valence-electron chi connectivity index (χ3n) is 2.01. The van der Waals surface area contributed by atoms with Crippen molar-refractivity contribution in [1.29, 1.82) is 0 Å². The minimum absolute atomic E-state index is 0.174. The van der Waals surface area contributed by atoms with Gasteiger partial charge in [0.15, 0.2) is 6.10 Å². The van der Waals surface area contributed by atoms with Crippen LogP contribution in [0.2, 0.25) is 5.02 Å². The molecule has 0 aliphatic rings. The quantitative estimate of drug-likeness (QED) is 0.860. The van der Waals surface area contributed by atoms with Gasteiger partial charge in [0.25, 0.3) is 5.91 Å². The van der Waals surface area contributed by atoms with E-state index >= 15 is 0 Å². The van der Waals surface area contributed by atoms with Gasteiger partial charge in [-0.3, -0.25) is 4.79 Å². The predicted octanol–water partition coefficient (Wildman–Crippen LogP) is 2.16. The number of hydrogen-bond donors (Lipinski definition) is 1. The van der Waals surface area contributed by atoms with Crippen molar-refractivity contribution in [3.8, 4) is 5.75 Å². The highest BCUT2D eigenvalue weighted by Crippen LogP contribution is 2.26. The highest BCUT2D eigenvalue weighted by atomic mass is 35.5. The second-order valence-electron chi connectivity index (χ2n) is 3.31. The summed E-state index contributed by atoms with van der Waals surface area (Å²) in [6, 6.07) is 5.45. The van der Waals surface area contributed by atoms with Crippen LogP contribution in [-0.2, 0) is 4.79 Å². The third kappa shape index (κ3) is 3.13. The Bertz CT molecular complexity index is 366. The van der Waals surface area contributed by atoms with Crippen molar-refractivity contribution in [3.63, 3.8) is 0 Å². The number of benzene rings is 1. The van der Waals surface area contributed by atoms with Crippen LogP contribution in [0, 0.1) is 6.92 Å². The van der Waals surface area contributed by atoms with Crippen LogP contribution >= 0.6 is 11.6 Å². The molecular formula is C11H14ClNO2. The molecule has 0 aromatic heterocycles. The Balaban J connectivity index is 2.80. The molecule has 0 saturated carbocycles. The maximum absolute atomic E-state index is 11.2. The van der Waals surface area contributed by atoms with Gasteiger partial charge in [0.05, 0.1) is 5.02 Å². The first-order valence-corrected chi connectivity index (χ1v) is 5.06. The predicted molar refractivity (Wildman–Crippen MR) is 60.3 cm³/mol. The van der Waals surface area contributed by atoms with Crippen molar-refractivity contribution in [2.45, 2.75) is 20.0 Å². The van der Waals surface area contributed by atoms with Crippen molar-refractivity contribution >= 4 is 17.5 Å². The van der Waals surface area contributed by atoms with Crippen LogP contribution in [-0.4, -0.2) is 19.1 Å². The number of ether oxygens (including phenoxy) is 1. The van der Waals surface area contributed by atoms with Crippen molar-refractivity contribution in [3.05, 3.63) is 28.8 Å². The van der Waals surface area contributed by atoms with Gasteiger partial charge < -0.3 is 10.1 Å². The Morgan fingerprint density at radius 3 is 2.80 bits per heavy atom. The van der Waals surface area contributed by atoms with Gasteiger partial charge in [-0.25, -0.2) is 0 Å². The summed E-state index contributed by atoms with van der Waals surface area (Å²) in [6.07, 6.45) is -0.547. The van der Waals surface area contributed by atoms with Crippen LogP contribution in [0.15, 0.2) is 18.2 Å². The maximum Gasteiger partial charge on any atom is 0.260 e. The smallest absolute Gasteiger partial charge is 0.260 e. The SMILES string of the molecule is CNC(=O)C(C)Oc1cc(C)ccc1Cl. The van der Waals surface area contributed by atoms with Gasteiger partial charge in [-0.05, 0) is 31.5 Å². The monoisotopic (exact) mass is 227 g/mol. The number of aryl methyl sites for hydroxylation is 1. The normalized spacial score (nSPS) is 12.0. The van der Waals surface area contributed by atoms with E-state index in [4.69, 9.17) is 16.3 Å². The summed E-state index contributed by atoms with van der Waals surface area (Å²) >= 11 is 5.93. The molecule has 4 heteroatoms. The lowest BCUT2D eigenvalue weighted by molar-refractivity contribution is -0.126. The molecule has 1 aromatic carbocycles. The standard InChI is InChI=1S/C11H14ClNO2/c1-7-4-5-9(12)10(6-7)15-8(2)11(14)13-3/h4-6,8H,1-3H3,(H,13,14). The number of nitrogens with one attached hydrogen (secondary N) is 1. The Morgan fingerprint density at radius 1 is 1.53 bits per heavy atom. The summed E-state index contributed by atoms with van der Waals surface area (Å²) in [5.74, 6) is 0.361. The van der Waals surface area contributed by atoms with Gasteiger partial charge in [-0.1, -0.05) is 17.7 Å². The van der Waals surface area contributed by atoms with Gasteiger partial charge in [0.2, 0.25) is 0 Å². The van der Waals surface area contributed by atoms with Crippen LogP contribution in [0.1, 0.15) is 12.5 Å². The summed E-state index contributed by atoms with van der Waals surface area (Å²) in [6.45, 7) is 3.62. The summed E-state index contributed by atoms with van der Waals surface area (Å²) in [5.41, 5.74) is 1.04. The van der Waals surface area contributed by atoms with E-state index in [-0.39, 0.29) is 5.91 Å². The highest BCUT2D eigenvalue weighted by molar-refractivity contribution is 6.32. The van der Waals surface area contributed by atoms with Crippen LogP contribution in [0.4, 0.5) is 0 Å². The molecule has 1 atom stereocenters. The average Bonchev–Trinajstić information content (AvgIpc) is 2.22. The van der Waals surface area contributed by atoms with Crippen LogP contribution in [0.5, 0.6) is 5.75 Å². The fraction of sp³-hybridized carbons (Fsp3) is 0.364.